The number of amides is 3. The number of carbonyl (C=O) groups excluding carboxylic acids is 4. The van der Waals surface area contributed by atoms with Crippen molar-refractivity contribution in [3.05, 3.63) is 45.6 Å². The van der Waals surface area contributed by atoms with E-state index in [-0.39, 0.29) is 18.1 Å². The summed E-state index contributed by atoms with van der Waals surface area (Å²) in [4.78, 5) is 50.5. The summed E-state index contributed by atoms with van der Waals surface area (Å²) in [5.41, 5.74) is 10.1. The van der Waals surface area contributed by atoms with Gasteiger partial charge in [0.1, 0.15) is 23.7 Å². The second-order valence-electron chi connectivity index (χ2n) is 6.85. The number of hydrogen-bond donors (Lipinski definition) is 3. The van der Waals surface area contributed by atoms with Gasteiger partial charge < -0.3 is 31.0 Å². The first-order chi connectivity index (χ1) is 15.2. The molecule has 2 unspecified atom stereocenters. The predicted molar refractivity (Wildman–Crippen MR) is 117 cm³/mol. The molecule has 5 N–H and O–H groups in total. The van der Waals surface area contributed by atoms with Crippen molar-refractivity contribution in [2.45, 2.75) is 17.1 Å². The molecule has 13 heteroatoms. The Morgan fingerprint density at radius 1 is 1.31 bits per heavy atom. The molecule has 0 bridgehead atoms. The first-order valence-electron chi connectivity index (χ1n) is 9.22. The highest BCUT2D eigenvalue weighted by Gasteiger charge is 2.67. The maximum absolute atomic E-state index is 13.2. The summed E-state index contributed by atoms with van der Waals surface area (Å²) in [5.74, 6) is -1.92. The molecule has 1 saturated heterocycles. The smallest absolute Gasteiger partial charge is 0.404 e. The summed E-state index contributed by atoms with van der Waals surface area (Å²) in [6, 6.07) is 5.79. The van der Waals surface area contributed by atoms with Crippen LogP contribution in [0, 0.1) is 0 Å². The molecular formula is C19H21BrN4O7S. The van der Waals surface area contributed by atoms with Gasteiger partial charge in [-0.1, -0.05) is 28.1 Å². The van der Waals surface area contributed by atoms with Crippen LogP contribution in [0.15, 0.2) is 40.0 Å². The third-order valence-corrected chi connectivity index (χ3v) is 6.92. The lowest BCUT2D eigenvalue weighted by atomic mass is 9.97. The highest BCUT2D eigenvalue weighted by atomic mass is 79.9. The first kappa shape index (κ1) is 24.0. The number of halogens is 1. The number of carbonyl (C=O) groups is 4. The van der Waals surface area contributed by atoms with E-state index in [4.69, 9.17) is 25.7 Å². The van der Waals surface area contributed by atoms with E-state index >= 15 is 0 Å². The van der Waals surface area contributed by atoms with E-state index in [0.29, 0.717) is 11.1 Å². The highest BCUT2D eigenvalue weighted by Crippen LogP contribution is 2.47. The molecule has 0 spiro atoms. The molecule has 0 saturated carbocycles. The van der Waals surface area contributed by atoms with Gasteiger partial charge in [-0.15, -0.1) is 11.8 Å². The Morgan fingerprint density at radius 3 is 2.53 bits per heavy atom. The number of ether oxygens (including phenoxy) is 3. The third-order valence-electron chi connectivity index (χ3n) is 5.02. The maximum Gasteiger partial charge on any atom is 0.404 e. The number of fused-ring (bicyclic) bond motifs is 1. The minimum atomic E-state index is -1.73. The van der Waals surface area contributed by atoms with E-state index < -0.39 is 41.0 Å². The Balaban J connectivity index is 1.85. The van der Waals surface area contributed by atoms with Crippen LogP contribution < -0.4 is 16.8 Å². The van der Waals surface area contributed by atoms with Gasteiger partial charge in [0.15, 0.2) is 0 Å². The van der Waals surface area contributed by atoms with Gasteiger partial charge in [-0.3, -0.25) is 14.5 Å². The monoisotopic (exact) mass is 528 g/mol. The average molecular weight is 529 g/mol. The number of esters is 1. The lowest BCUT2D eigenvalue weighted by molar-refractivity contribution is -0.193. The van der Waals surface area contributed by atoms with E-state index in [0.717, 1.165) is 16.5 Å². The molecule has 32 heavy (non-hydrogen) atoms. The number of rotatable bonds is 7. The minimum Gasteiger partial charge on any atom is -0.464 e. The summed E-state index contributed by atoms with van der Waals surface area (Å²) < 4.78 is 15.8. The Labute approximate surface area is 195 Å². The van der Waals surface area contributed by atoms with Gasteiger partial charge in [-0.2, -0.15) is 0 Å². The van der Waals surface area contributed by atoms with E-state index in [9.17, 15) is 19.2 Å². The standard InChI is InChI=1S/C19H21BrN4O7S/c1-29-15(26)13-10(7-31-18(22)28)8-32-17-19(30-2,16(27)24(13)17)23-14(25)12(21)9-3-5-11(20)6-4-9/h3-6,12,17H,7-8,21H2,1-2H3,(H2,22,28)(H,23,25)/t12?,17-,19?/m0/s1. The molecule has 11 nitrogen and oxygen atoms in total. The second kappa shape index (κ2) is 9.48. The molecule has 0 aliphatic carbocycles. The average Bonchev–Trinajstić information content (AvgIpc) is 2.79. The molecule has 172 valence electrons. The summed E-state index contributed by atoms with van der Waals surface area (Å²) in [6.07, 6.45) is -1.02. The summed E-state index contributed by atoms with van der Waals surface area (Å²) >= 11 is 4.53. The van der Waals surface area contributed by atoms with Crippen LogP contribution in [-0.4, -0.2) is 66.5 Å². The summed E-state index contributed by atoms with van der Waals surface area (Å²) in [6.45, 7) is -0.288. The first-order valence-corrected chi connectivity index (χ1v) is 11.1. The normalized spacial score (nSPS) is 23.1. The topological polar surface area (TPSA) is 163 Å². The number of benzene rings is 1. The fourth-order valence-corrected chi connectivity index (χ4v) is 5.06. The van der Waals surface area contributed by atoms with Crippen LogP contribution in [0.4, 0.5) is 4.79 Å². The van der Waals surface area contributed by atoms with Crippen LogP contribution in [0.2, 0.25) is 0 Å². The number of β-lactam (4-membered cyclic amide) rings is 1. The van der Waals surface area contributed by atoms with Crippen molar-refractivity contribution in [1.29, 1.82) is 0 Å². The van der Waals surface area contributed by atoms with Crippen LogP contribution in [0.5, 0.6) is 0 Å². The van der Waals surface area contributed by atoms with Crippen LogP contribution in [-0.2, 0) is 28.6 Å². The number of thioether (sulfide) groups is 1. The van der Waals surface area contributed by atoms with Crippen molar-refractivity contribution in [3.8, 4) is 0 Å². The zero-order valence-electron chi connectivity index (χ0n) is 17.1. The van der Waals surface area contributed by atoms with E-state index in [1.807, 2.05) is 0 Å². The van der Waals surface area contributed by atoms with Gasteiger partial charge in [-0.05, 0) is 17.7 Å². The van der Waals surface area contributed by atoms with Gasteiger partial charge in [0.05, 0.1) is 7.11 Å². The molecule has 0 aromatic heterocycles. The number of primary amides is 1. The summed E-state index contributed by atoms with van der Waals surface area (Å²) in [5, 5.41) is 1.82. The molecule has 3 rings (SSSR count). The van der Waals surface area contributed by atoms with Gasteiger partial charge in [-0.25, -0.2) is 9.59 Å². The highest BCUT2D eigenvalue weighted by molar-refractivity contribution is 9.10. The molecule has 1 aromatic rings. The number of hydrogen-bond acceptors (Lipinski definition) is 9. The SMILES string of the molecule is COC(=O)C1=C(COC(N)=O)CS[C@@H]2N1C(=O)C2(NC(=O)C(N)c1ccc(Br)cc1)OC. The second-order valence-corrected chi connectivity index (χ2v) is 8.83. The maximum atomic E-state index is 13.2. The van der Waals surface area contributed by atoms with Crippen molar-refractivity contribution in [2.24, 2.45) is 11.5 Å². The largest absolute Gasteiger partial charge is 0.464 e. The Kier molecular flexibility index (Phi) is 7.12. The summed E-state index contributed by atoms with van der Waals surface area (Å²) in [7, 11) is 2.43. The lowest BCUT2D eigenvalue weighted by Gasteiger charge is -2.56. The Hall–Kier alpha value is -2.61. The van der Waals surface area contributed by atoms with E-state index in [2.05, 4.69) is 21.2 Å². The van der Waals surface area contributed by atoms with Crippen LogP contribution >= 0.6 is 27.7 Å². The molecular weight excluding hydrogens is 508 g/mol. The van der Waals surface area contributed by atoms with Crippen molar-refractivity contribution in [2.75, 3.05) is 26.6 Å². The molecule has 3 amide bonds. The quantitative estimate of drug-likeness (QED) is 0.257. The van der Waals surface area contributed by atoms with Crippen molar-refractivity contribution < 1.29 is 33.4 Å². The number of nitrogens with one attached hydrogen (secondary N) is 1. The number of nitrogens with zero attached hydrogens (tertiary/aromatic N) is 1. The molecule has 2 heterocycles. The van der Waals surface area contributed by atoms with Crippen molar-refractivity contribution in [3.63, 3.8) is 0 Å². The van der Waals surface area contributed by atoms with Gasteiger partial charge in [0.2, 0.25) is 5.91 Å². The van der Waals surface area contributed by atoms with Crippen molar-refractivity contribution in [1.82, 2.24) is 10.2 Å². The van der Waals surface area contributed by atoms with Gasteiger partial charge in [0, 0.05) is 22.9 Å². The van der Waals surface area contributed by atoms with Crippen molar-refractivity contribution >= 4 is 51.6 Å². The zero-order chi connectivity index (χ0) is 23.6. The molecule has 1 aromatic carbocycles. The molecule has 3 atom stereocenters. The molecule has 1 fully saturated rings. The Morgan fingerprint density at radius 2 is 1.97 bits per heavy atom. The predicted octanol–water partition coefficient (Wildman–Crippen LogP) is 0.345. The molecule has 2 aliphatic heterocycles. The zero-order valence-corrected chi connectivity index (χ0v) is 19.5. The number of nitrogens with two attached hydrogens (primary N) is 2. The molecule has 0 radical (unpaired) electrons. The fourth-order valence-electron chi connectivity index (χ4n) is 3.38. The van der Waals surface area contributed by atoms with Crippen LogP contribution in [0.25, 0.3) is 0 Å². The van der Waals surface area contributed by atoms with Gasteiger partial charge >= 0.3 is 12.1 Å². The van der Waals surface area contributed by atoms with E-state index in [1.54, 1.807) is 24.3 Å². The van der Waals surface area contributed by atoms with Crippen LogP contribution in [0.3, 0.4) is 0 Å². The molecule has 2 aliphatic rings. The van der Waals surface area contributed by atoms with Gasteiger partial charge in [0.25, 0.3) is 11.6 Å². The van der Waals surface area contributed by atoms with Crippen LogP contribution in [0.1, 0.15) is 11.6 Å². The Bertz CT molecular complexity index is 986. The van der Waals surface area contributed by atoms with E-state index in [1.165, 1.54) is 18.9 Å². The number of methoxy groups -OCH3 is 2. The third kappa shape index (κ3) is 4.20. The lowest BCUT2D eigenvalue weighted by Crippen LogP contribution is -2.81. The minimum absolute atomic E-state index is 0.0818. The fraction of sp³-hybridized carbons (Fsp3) is 0.368.